The molecular formula is C20H27N3O5S. The number of carbonyl (C=O) groups excluding carboxylic acids is 1. The van der Waals surface area contributed by atoms with Crippen molar-refractivity contribution in [3.05, 3.63) is 41.3 Å². The highest BCUT2D eigenvalue weighted by atomic mass is 32.2. The first-order valence-corrected chi connectivity index (χ1v) is 11.1. The predicted octanol–water partition coefficient (Wildman–Crippen LogP) is 3.16. The second-order valence-electron chi connectivity index (χ2n) is 7.72. The van der Waals surface area contributed by atoms with Crippen molar-refractivity contribution in [1.82, 2.24) is 9.46 Å². The number of ether oxygens (including phenoxy) is 1. The van der Waals surface area contributed by atoms with Crippen LogP contribution in [0.15, 0.2) is 33.7 Å². The second-order valence-corrected chi connectivity index (χ2v) is 9.66. The van der Waals surface area contributed by atoms with Crippen LogP contribution in [0.25, 0.3) is 0 Å². The summed E-state index contributed by atoms with van der Waals surface area (Å²) in [7, 11) is -3.63. The van der Waals surface area contributed by atoms with Gasteiger partial charge in [0.15, 0.2) is 5.76 Å². The summed E-state index contributed by atoms with van der Waals surface area (Å²) in [4.78, 5) is 12.9. The van der Waals surface area contributed by atoms with E-state index in [-0.39, 0.29) is 28.9 Å². The van der Waals surface area contributed by atoms with Gasteiger partial charge in [0.05, 0.1) is 22.8 Å². The number of aryl methyl sites for hydroxylation is 1. The number of hydrogen-bond acceptors (Lipinski definition) is 6. The fraction of sp³-hybridized carbons (Fsp3) is 0.500. The van der Waals surface area contributed by atoms with Crippen molar-refractivity contribution in [3.63, 3.8) is 0 Å². The Hall–Kier alpha value is -2.23. The number of nitrogens with zero attached hydrogens (tertiary/aromatic N) is 2. The van der Waals surface area contributed by atoms with Crippen molar-refractivity contribution in [1.29, 1.82) is 0 Å². The van der Waals surface area contributed by atoms with Crippen molar-refractivity contribution in [3.8, 4) is 0 Å². The zero-order valence-corrected chi connectivity index (χ0v) is 18.1. The van der Waals surface area contributed by atoms with E-state index < -0.39 is 10.0 Å². The highest BCUT2D eigenvalue weighted by Gasteiger charge is 2.32. The molecule has 1 aliphatic rings. The predicted molar refractivity (Wildman–Crippen MR) is 108 cm³/mol. The van der Waals surface area contributed by atoms with Gasteiger partial charge in [0.2, 0.25) is 10.0 Å². The molecule has 9 heteroatoms. The topological polar surface area (TPSA) is 102 Å². The molecule has 1 aromatic carbocycles. The van der Waals surface area contributed by atoms with Crippen LogP contribution >= 0.6 is 0 Å². The molecule has 2 heterocycles. The molecule has 1 aromatic heterocycles. The summed E-state index contributed by atoms with van der Waals surface area (Å²) in [5, 5.41) is 6.67. The number of amides is 1. The summed E-state index contributed by atoms with van der Waals surface area (Å²) in [6.07, 6.45) is -0.317. The Labute approximate surface area is 171 Å². The van der Waals surface area contributed by atoms with Crippen LogP contribution in [0.5, 0.6) is 0 Å². The molecule has 29 heavy (non-hydrogen) atoms. The molecule has 0 radical (unpaired) electrons. The maximum absolute atomic E-state index is 12.9. The fourth-order valence-corrected chi connectivity index (χ4v) is 5.03. The molecule has 1 fully saturated rings. The molecular weight excluding hydrogens is 394 g/mol. The van der Waals surface area contributed by atoms with Gasteiger partial charge < -0.3 is 14.6 Å². The lowest BCUT2D eigenvalue weighted by Crippen LogP contribution is -2.48. The number of hydrogen-bond donors (Lipinski definition) is 1. The molecule has 0 bridgehead atoms. The van der Waals surface area contributed by atoms with Gasteiger partial charge in [0.1, 0.15) is 5.56 Å². The van der Waals surface area contributed by atoms with E-state index in [0.29, 0.717) is 35.8 Å². The summed E-state index contributed by atoms with van der Waals surface area (Å²) in [5.74, 6) is 0.205. The van der Waals surface area contributed by atoms with E-state index in [4.69, 9.17) is 9.26 Å². The average Bonchev–Trinajstić information content (AvgIpc) is 3.03. The highest BCUT2D eigenvalue weighted by Crippen LogP contribution is 2.25. The Morgan fingerprint density at radius 3 is 2.31 bits per heavy atom. The Kier molecular flexibility index (Phi) is 6.11. The van der Waals surface area contributed by atoms with Crippen LogP contribution < -0.4 is 5.32 Å². The first kappa shape index (κ1) is 21.5. The quantitative estimate of drug-likeness (QED) is 0.796. The van der Waals surface area contributed by atoms with Gasteiger partial charge in [-0.05, 0) is 45.0 Å². The maximum atomic E-state index is 12.9. The van der Waals surface area contributed by atoms with Crippen molar-refractivity contribution < 1.29 is 22.5 Å². The number of morpholine rings is 1. The molecule has 0 aliphatic carbocycles. The lowest BCUT2D eigenvalue weighted by molar-refractivity contribution is -0.0440. The first-order chi connectivity index (χ1) is 13.6. The summed E-state index contributed by atoms with van der Waals surface area (Å²) < 4.78 is 38.2. The zero-order chi connectivity index (χ0) is 21.3. The van der Waals surface area contributed by atoms with Gasteiger partial charge in [-0.3, -0.25) is 4.79 Å². The minimum Gasteiger partial charge on any atom is -0.373 e. The van der Waals surface area contributed by atoms with E-state index in [0.717, 1.165) is 0 Å². The Morgan fingerprint density at radius 1 is 1.17 bits per heavy atom. The number of carbonyl (C=O) groups is 1. The van der Waals surface area contributed by atoms with E-state index >= 15 is 0 Å². The first-order valence-electron chi connectivity index (χ1n) is 9.62. The number of nitrogens with one attached hydrogen (secondary N) is 1. The van der Waals surface area contributed by atoms with Crippen molar-refractivity contribution >= 4 is 21.6 Å². The van der Waals surface area contributed by atoms with Gasteiger partial charge in [-0.1, -0.05) is 19.0 Å². The number of rotatable bonds is 5. The minimum absolute atomic E-state index is 0.0165. The Morgan fingerprint density at radius 2 is 1.76 bits per heavy atom. The number of anilines is 1. The third kappa shape index (κ3) is 4.52. The van der Waals surface area contributed by atoms with Crippen LogP contribution in [0.2, 0.25) is 0 Å². The van der Waals surface area contributed by atoms with E-state index in [1.165, 1.54) is 16.4 Å². The number of benzene rings is 1. The minimum atomic E-state index is -3.63. The van der Waals surface area contributed by atoms with E-state index in [2.05, 4.69) is 10.5 Å². The number of sulfonamides is 1. The van der Waals surface area contributed by atoms with E-state index in [1.54, 1.807) is 19.1 Å². The van der Waals surface area contributed by atoms with Crippen molar-refractivity contribution in [2.24, 2.45) is 0 Å². The molecule has 158 valence electrons. The molecule has 2 atom stereocenters. The third-order valence-electron chi connectivity index (χ3n) is 4.78. The van der Waals surface area contributed by atoms with E-state index in [1.807, 2.05) is 27.7 Å². The monoisotopic (exact) mass is 421 g/mol. The van der Waals surface area contributed by atoms with E-state index in [9.17, 15) is 13.2 Å². The molecule has 1 amide bonds. The normalized spacial score (nSPS) is 20.8. The fourth-order valence-electron chi connectivity index (χ4n) is 3.44. The van der Waals surface area contributed by atoms with Gasteiger partial charge >= 0.3 is 0 Å². The molecule has 0 saturated carbocycles. The van der Waals surface area contributed by atoms with Crippen LogP contribution in [0.1, 0.15) is 55.4 Å². The van der Waals surface area contributed by atoms with Crippen molar-refractivity contribution in [2.75, 3.05) is 18.4 Å². The molecule has 0 unspecified atom stereocenters. The second kappa shape index (κ2) is 8.25. The molecule has 8 nitrogen and oxygen atoms in total. The highest BCUT2D eigenvalue weighted by molar-refractivity contribution is 7.89. The van der Waals surface area contributed by atoms with Gasteiger partial charge in [-0.15, -0.1) is 0 Å². The third-order valence-corrected chi connectivity index (χ3v) is 6.62. The lowest BCUT2D eigenvalue weighted by atomic mass is 10.0. The SMILES string of the molecule is Cc1noc(C(C)C)c1C(=O)Nc1ccc(S(=O)(=O)N2C[C@H](C)O[C@@H](C)C2)cc1. The molecule has 1 saturated heterocycles. The molecule has 3 rings (SSSR count). The van der Waals surface area contributed by atoms with Gasteiger partial charge in [0.25, 0.3) is 5.91 Å². The summed E-state index contributed by atoms with van der Waals surface area (Å²) in [5.41, 5.74) is 1.42. The smallest absolute Gasteiger partial charge is 0.261 e. The number of aromatic nitrogens is 1. The lowest BCUT2D eigenvalue weighted by Gasteiger charge is -2.34. The maximum Gasteiger partial charge on any atom is 0.261 e. The molecule has 2 aromatic rings. The van der Waals surface area contributed by atoms with Gasteiger partial charge in [-0.25, -0.2) is 8.42 Å². The standard InChI is InChI=1S/C20H27N3O5S/c1-12(2)19-18(15(5)22-28-19)20(24)21-16-6-8-17(9-7-16)29(25,26)23-10-13(3)27-14(4)11-23/h6-9,12-14H,10-11H2,1-5H3,(H,21,24)/t13-,14-/m0/s1. The molecule has 0 spiro atoms. The van der Waals surface area contributed by atoms with Crippen molar-refractivity contribution in [2.45, 2.75) is 57.6 Å². The van der Waals surface area contributed by atoms with Crippen LogP contribution in [-0.4, -0.2) is 49.1 Å². The van der Waals surface area contributed by atoms with Gasteiger partial charge in [0, 0.05) is 24.7 Å². The largest absolute Gasteiger partial charge is 0.373 e. The molecule has 1 N–H and O–H groups in total. The Balaban J connectivity index is 1.77. The zero-order valence-electron chi connectivity index (χ0n) is 17.3. The van der Waals surface area contributed by atoms with Crippen LogP contribution in [-0.2, 0) is 14.8 Å². The van der Waals surface area contributed by atoms with Crippen LogP contribution in [0.3, 0.4) is 0 Å². The molecule has 1 aliphatic heterocycles. The summed E-state index contributed by atoms with van der Waals surface area (Å²) in [6.45, 7) is 9.90. The van der Waals surface area contributed by atoms with Crippen LogP contribution in [0.4, 0.5) is 5.69 Å². The average molecular weight is 422 g/mol. The summed E-state index contributed by atoms with van der Waals surface area (Å²) >= 11 is 0. The Bertz CT molecular complexity index is 972. The van der Waals surface area contributed by atoms with Gasteiger partial charge in [-0.2, -0.15) is 4.31 Å². The van der Waals surface area contributed by atoms with Crippen LogP contribution in [0, 0.1) is 6.92 Å². The summed E-state index contributed by atoms with van der Waals surface area (Å²) in [6, 6.07) is 6.16.